The van der Waals surface area contributed by atoms with E-state index in [1.54, 1.807) is 18.5 Å². The topological polar surface area (TPSA) is 61.9 Å². The molecule has 1 aliphatic carbocycles. The third-order valence-electron chi connectivity index (χ3n) is 3.86. The normalized spacial score (nSPS) is 17.9. The number of hydrogen-bond acceptors (Lipinski definition) is 4. The Kier molecular flexibility index (Phi) is 7.39. The van der Waals surface area contributed by atoms with Crippen molar-refractivity contribution in [2.24, 2.45) is 5.92 Å². The van der Waals surface area contributed by atoms with Gasteiger partial charge in [-0.2, -0.15) is 17.0 Å². The molecule has 0 aromatic heterocycles. The molecule has 0 aromatic rings. The molecular weight excluding hydrogens is 278 g/mol. The molecule has 0 radical (unpaired) electrons. The van der Waals surface area contributed by atoms with Gasteiger partial charge in [0.05, 0.1) is 6.61 Å². The minimum atomic E-state index is -3.40. The van der Waals surface area contributed by atoms with E-state index in [1.807, 2.05) is 14.0 Å². The van der Waals surface area contributed by atoms with E-state index >= 15 is 0 Å². The summed E-state index contributed by atoms with van der Waals surface area (Å²) >= 11 is 0. The molecule has 0 aliphatic heterocycles. The molecule has 20 heavy (non-hydrogen) atoms. The van der Waals surface area contributed by atoms with E-state index < -0.39 is 10.2 Å². The predicted octanol–water partition coefficient (Wildman–Crippen LogP) is 0.519. The molecule has 0 heterocycles. The van der Waals surface area contributed by atoms with Crippen LogP contribution >= 0.6 is 0 Å². The van der Waals surface area contributed by atoms with Crippen LogP contribution in [0.5, 0.6) is 0 Å². The zero-order chi connectivity index (χ0) is 15.2. The fourth-order valence-electron chi connectivity index (χ4n) is 2.30. The molecule has 0 aromatic carbocycles. The second-order valence-corrected chi connectivity index (χ2v) is 7.46. The summed E-state index contributed by atoms with van der Waals surface area (Å²) in [5.74, 6) is 0.507. The van der Waals surface area contributed by atoms with E-state index in [0.29, 0.717) is 25.6 Å². The second kappa shape index (κ2) is 8.29. The third kappa shape index (κ3) is 4.96. The lowest BCUT2D eigenvalue weighted by Gasteiger charge is -2.32. The van der Waals surface area contributed by atoms with E-state index in [1.165, 1.54) is 4.31 Å². The fourth-order valence-corrected chi connectivity index (χ4v) is 3.91. The van der Waals surface area contributed by atoms with Crippen molar-refractivity contribution in [3.8, 4) is 0 Å². The minimum Gasteiger partial charge on any atom is -0.383 e. The maximum absolute atomic E-state index is 12.7. The Hall–Kier alpha value is -0.210. The van der Waals surface area contributed by atoms with Crippen molar-refractivity contribution in [2.75, 3.05) is 47.4 Å². The van der Waals surface area contributed by atoms with Crippen LogP contribution in [0.15, 0.2) is 0 Å². The number of methoxy groups -OCH3 is 1. The van der Waals surface area contributed by atoms with Crippen LogP contribution in [0.3, 0.4) is 0 Å². The lowest BCUT2D eigenvalue weighted by atomic mass is 10.2. The average molecular weight is 307 g/mol. The molecule has 1 atom stereocenters. The monoisotopic (exact) mass is 307 g/mol. The maximum Gasteiger partial charge on any atom is 0.282 e. The summed E-state index contributed by atoms with van der Waals surface area (Å²) in [4.78, 5) is 0. The molecular formula is C13H29N3O3S. The van der Waals surface area contributed by atoms with Crippen molar-refractivity contribution in [2.45, 2.75) is 32.2 Å². The maximum atomic E-state index is 12.7. The van der Waals surface area contributed by atoms with Gasteiger partial charge in [0.1, 0.15) is 0 Å². The molecule has 1 saturated carbocycles. The first kappa shape index (κ1) is 17.8. The molecule has 0 bridgehead atoms. The van der Waals surface area contributed by atoms with Crippen molar-refractivity contribution in [3.63, 3.8) is 0 Å². The van der Waals surface area contributed by atoms with Crippen LogP contribution in [0.4, 0.5) is 0 Å². The Bertz CT molecular complexity index is 371. The molecule has 1 unspecified atom stereocenters. The van der Waals surface area contributed by atoms with Gasteiger partial charge in [0.25, 0.3) is 10.2 Å². The van der Waals surface area contributed by atoms with Crippen molar-refractivity contribution < 1.29 is 13.2 Å². The Balaban J connectivity index is 2.69. The van der Waals surface area contributed by atoms with Crippen LogP contribution in [0.25, 0.3) is 0 Å². The van der Waals surface area contributed by atoms with Gasteiger partial charge in [0.2, 0.25) is 0 Å². The van der Waals surface area contributed by atoms with E-state index in [0.717, 1.165) is 25.8 Å². The summed E-state index contributed by atoms with van der Waals surface area (Å²) in [5, 5.41) is 3.03. The van der Waals surface area contributed by atoms with Crippen molar-refractivity contribution in [3.05, 3.63) is 0 Å². The number of ether oxygens (including phenoxy) is 1. The highest BCUT2D eigenvalue weighted by Crippen LogP contribution is 2.36. The van der Waals surface area contributed by atoms with Gasteiger partial charge in [-0.25, -0.2) is 0 Å². The zero-order valence-corrected chi connectivity index (χ0v) is 13.9. The number of nitrogens with zero attached hydrogens (tertiary/aromatic N) is 2. The Morgan fingerprint density at radius 3 is 2.50 bits per heavy atom. The van der Waals surface area contributed by atoms with Crippen LogP contribution in [0.1, 0.15) is 26.2 Å². The van der Waals surface area contributed by atoms with Crippen LogP contribution in [-0.2, 0) is 14.9 Å². The van der Waals surface area contributed by atoms with E-state index in [-0.39, 0.29) is 6.04 Å². The smallest absolute Gasteiger partial charge is 0.282 e. The molecule has 1 aliphatic rings. The Morgan fingerprint density at radius 1 is 1.35 bits per heavy atom. The van der Waals surface area contributed by atoms with Crippen LogP contribution in [0, 0.1) is 5.92 Å². The number of hydrogen-bond donors (Lipinski definition) is 1. The second-order valence-electron chi connectivity index (χ2n) is 5.47. The van der Waals surface area contributed by atoms with Gasteiger partial charge < -0.3 is 10.1 Å². The molecule has 0 saturated heterocycles. The lowest BCUT2D eigenvalue weighted by Crippen LogP contribution is -2.48. The molecule has 0 amide bonds. The summed E-state index contributed by atoms with van der Waals surface area (Å²) in [6.45, 7) is 4.21. The number of rotatable bonds is 11. The predicted molar refractivity (Wildman–Crippen MR) is 80.9 cm³/mol. The Morgan fingerprint density at radius 2 is 2.00 bits per heavy atom. The molecule has 120 valence electrons. The summed E-state index contributed by atoms with van der Waals surface area (Å²) in [6, 6.07) is 0.0573. The van der Waals surface area contributed by atoms with Crippen LogP contribution in [0.2, 0.25) is 0 Å². The van der Waals surface area contributed by atoms with Gasteiger partial charge in [-0.15, -0.1) is 0 Å². The highest BCUT2D eigenvalue weighted by molar-refractivity contribution is 7.86. The van der Waals surface area contributed by atoms with E-state index in [2.05, 4.69) is 5.32 Å². The average Bonchev–Trinajstić information content (AvgIpc) is 3.23. The molecule has 0 spiro atoms. The summed E-state index contributed by atoms with van der Waals surface area (Å²) < 4.78 is 33.5. The molecule has 1 fully saturated rings. The standard InChI is InChI=1S/C13H29N3O3S/c1-12(13-6-7-13)16(10-11-19-4)20(17,18)15(3)9-5-8-14-2/h12-14H,5-11H2,1-4H3. The van der Waals surface area contributed by atoms with E-state index in [9.17, 15) is 8.42 Å². The quantitative estimate of drug-likeness (QED) is 0.565. The first-order chi connectivity index (χ1) is 9.45. The molecule has 7 heteroatoms. The highest BCUT2D eigenvalue weighted by atomic mass is 32.2. The SMILES string of the molecule is CNCCCN(C)S(=O)(=O)N(CCOC)C(C)C1CC1. The van der Waals surface area contributed by atoms with Crippen molar-refractivity contribution in [1.29, 1.82) is 0 Å². The fraction of sp³-hybridized carbons (Fsp3) is 1.00. The van der Waals surface area contributed by atoms with Gasteiger partial charge >= 0.3 is 0 Å². The van der Waals surface area contributed by atoms with Crippen LogP contribution in [-0.4, -0.2) is 70.5 Å². The first-order valence-corrected chi connectivity index (χ1v) is 8.71. The summed E-state index contributed by atoms with van der Waals surface area (Å²) in [5.41, 5.74) is 0. The van der Waals surface area contributed by atoms with Gasteiger partial charge in [-0.1, -0.05) is 0 Å². The Labute approximate surface area is 123 Å². The molecule has 6 nitrogen and oxygen atoms in total. The zero-order valence-electron chi connectivity index (χ0n) is 13.1. The summed E-state index contributed by atoms with van der Waals surface area (Å²) in [6.07, 6.45) is 3.06. The van der Waals surface area contributed by atoms with Gasteiger partial charge in [-0.05, 0) is 45.7 Å². The van der Waals surface area contributed by atoms with Gasteiger partial charge in [0.15, 0.2) is 0 Å². The molecule has 1 N–H and O–H groups in total. The largest absolute Gasteiger partial charge is 0.383 e. The van der Waals surface area contributed by atoms with Gasteiger partial charge in [0, 0.05) is 33.3 Å². The minimum absolute atomic E-state index is 0.0573. The van der Waals surface area contributed by atoms with E-state index in [4.69, 9.17) is 4.74 Å². The lowest BCUT2D eigenvalue weighted by molar-refractivity contribution is 0.160. The third-order valence-corrected chi connectivity index (χ3v) is 5.94. The van der Waals surface area contributed by atoms with Crippen molar-refractivity contribution >= 4 is 10.2 Å². The number of nitrogens with one attached hydrogen (secondary N) is 1. The van der Waals surface area contributed by atoms with Gasteiger partial charge in [-0.3, -0.25) is 0 Å². The van der Waals surface area contributed by atoms with Crippen LogP contribution < -0.4 is 5.32 Å². The first-order valence-electron chi connectivity index (χ1n) is 7.31. The highest BCUT2D eigenvalue weighted by Gasteiger charge is 2.38. The summed E-state index contributed by atoms with van der Waals surface area (Å²) in [7, 11) is 1.73. The van der Waals surface area contributed by atoms with Crippen molar-refractivity contribution in [1.82, 2.24) is 13.9 Å². The molecule has 1 rings (SSSR count).